The molecule has 204 valence electrons. The molecule has 2 unspecified atom stereocenters. The Morgan fingerprint density at radius 3 is 2.68 bits per heavy atom. The normalized spacial score (nSPS) is 23.2. The Labute approximate surface area is 225 Å². The molecular weight excluding hydrogens is 480 g/mol. The van der Waals surface area contributed by atoms with Crippen molar-refractivity contribution in [2.45, 2.75) is 44.4 Å². The summed E-state index contributed by atoms with van der Waals surface area (Å²) in [5.41, 5.74) is 4.79. The molecule has 3 atom stereocenters. The molecular formula is C30H40N4O4. The van der Waals surface area contributed by atoms with E-state index in [9.17, 15) is 9.90 Å². The fourth-order valence-electron chi connectivity index (χ4n) is 6.33. The first-order valence-electron chi connectivity index (χ1n) is 14.2. The number of nitrogens with zero attached hydrogens (tertiary/aromatic N) is 3. The van der Waals surface area contributed by atoms with E-state index in [0.717, 1.165) is 64.0 Å². The number of ether oxygens (including phenoxy) is 2. The quantitative estimate of drug-likeness (QED) is 0.581. The van der Waals surface area contributed by atoms with E-state index in [1.54, 1.807) is 0 Å². The van der Waals surface area contributed by atoms with Crippen molar-refractivity contribution in [3.05, 3.63) is 53.1 Å². The lowest BCUT2D eigenvalue weighted by Gasteiger charge is -2.30. The predicted molar refractivity (Wildman–Crippen MR) is 147 cm³/mol. The highest BCUT2D eigenvalue weighted by atomic mass is 16.6. The van der Waals surface area contributed by atoms with Gasteiger partial charge in [0.15, 0.2) is 11.5 Å². The third-order valence-corrected chi connectivity index (χ3v) is 8.59. The lowest BCUT2D eigenvalue weighted by atomic mass is 9.99. The van der Waals surface area contributed by atoms with E-state index in [4.69, 9.17) is 9.47 Å². The summed E-state index contributed by atoms with van der Waals surface area (Å²) in [6.07, 6.45) is 3.41. The minimum absolute atomic E-state index is 0.0333. The summed E-state index contributed by atoms with van der Waals surface area (Å²) < 4.78 is 11.4. The van der Waals surface area contributed by atoms with E-state index in [-0.39, 0.29) is 11.8 Å². The van der Waals surface area contributed by atoms with E-state index >= 15 is 0 Å². The van der Waals surface area contributed by atoms with Crippen LogP contribution in [-0.2, 0) is 17.8 Å². The van der Waals surface area contributed by atoms with E-state index < -0.39 is 12.1 Å². The Morgan fingerprint density at radius 1 is 1.03 bits per heavy atom. The van der Waals surface area contributed by atoms with Crippen molar-refractivity contribution in [2.24, 2.45) is 5.92 Å². The van der Waals surface area contributed by atoms with Gasteiger partial charge in [-0.2, -0.15) is 0 Å². The average molecular weight is 521 g/mol. The topological polar surface area (TPSA) is 77.5 Å². The molecule has 0 saturated carbocycles. The molecule has 4 aliphatic rings. The first-order chi connectivity index (χ1) is 18.5. The Balaban J connectivity index is 1.14. The van der Waals surface area contributed by atoms with Gasteiger partial charge >= 0.3 is 0 Å². The third-order valence-electron chi connectivity index (χ3n) is 8.59. The lowest BCUT2D eigenvalue weighted by molar-refractivity contribution is -0.126. The van der Waals surface area contributed by atoms with E-state index in [0.29, 0.717) is 37.8 Å². The summed E-state index contributed by atoms with van der Waals surface area (Å²) in [6.45, 7) is 7.34. The van der Waals surface area contributed by atoms with Gasteiger partial charge < -0.3 is 34.6 Å². The smallest absolute Gasteiger partial charge is 0.225 e. The molecule has 0 aliphatic carbocycles. The number of fused-ring (bicyclic) bond motifs is 2. The van der Waals surface area contributed by atoms with Crippen molar-refractivity contribution in [3.63, 3.8) is 0 Å². The van der Waals surface area contributed by atoms with Crippen LogP contribution in [0, 0.1) is 5.92 Å². The van der Waals surface area contributed by atoms with Crippen LogP contribution < -0.4 is 19.7 Å². The van der Waals surface area contributed by atoms with Gasteiger partial charge in [-0.1, -0.05) is 12.1 Å². The zero-order chi connectivity index (χ0) is 26.1. The van der Waals surface area contributed by atoms with Crippen LogP contribution in [0.25, 0.3) is 0 Å². The minimum atomic E-state index is -0.828. The third kappa shape index (κ3) is 5.48. The second kappa shape index (κ2) is 11.1. The molecule has 2 saturated heterocycles. The van der Waals surface area contributed by atoms with E-state index in [2.05, 4.69) is 45.3 Å². The van der Waals surface area contributed by atoms with Gasteiger partial charge in [-0.3, -0.25) is 4.79 Å². The summed E-state index contributed by atoms with van der Waals surface area (Å²) >= 11 is 0. The van der Waals surface area contributed by atoms with Crippen LogP contribution in [-0.4, -0.2) is 86.4 Å². The Morgan fingerprint density at radius 2 is 1.84 bits per heavy atom. The van der Waals surface area contributed by atoms with Gasteiger partial charge in [0, 0.05) is 38.4 Å². The number of rotatable bonds is 7. The maximum Gasteiger partial charge on any atom is 0.225 e. The molecule has 2 aromatic rings. The second-order valence-corrected chi connectivity index (χ2v) is 11.3. The maximum absolute atomic E-state index is 13.5. The maximum atomic E-state index is 13.5. The molecule has 2 fully saturated rings. The van der Waals surface area contributed by atoms with Crippen LogP contribution in [0.2, 0.25) is 0 Å². The number of hydrogen-bond donors (Lipinski definition) is 2. The molecule has 1 amide bonds. The molecule has 8 heteroatoms. The molecule has 0 aromatic heterocycles. The van der Waals surface area contributed by atoms with E-state index in [1.165, 1.54) is 16.8 Å². The highest BCUT2D eigenvalue weighted by molar-refractivity contribution is 5.80. The van der Waals surface area contributed by atoms with E-state index in [1.807, 2.05) is 18.2 Å². The van der Waals surface area contributed by atoms with Crippen LogP contribution in [0.5, 0.6) is 11.5 Å². The highest BCUT2D eigenvalue weighted by Crippen LogP contribution is 2.34. The monoisotopic (exact) mass is 520 g/mol. The van der Waals surface area contributed by atoms with Gasteiger partial charge in [0.05, 0.1) is 12.0 Å². The average Bonchev–Trinajstić information content (AvgIpc) is 3.64. The second-order valence-electron chi connectivity index (χ2n) is 11.3. The Bertz CT molecular complexity index is 1150. The highest BCUT2D eigenvalue weighted by Gasteiger charge is 2.33. The minimum Gasteiger partial charge on any atom is -0.486 e. The van der Waals surface area contributed by atoms with Crippen molar-refractivity contribution in [2.75, 3.05) is 64.4 Å². The first kappa shape index (κ1) is 25.5. The zero-order valence-corrected chi connectivity index (χ0v) is 22.4. The van der Waals surface area contributed by atoms with Crippen LogP contribution in [0.3, 0.4) is 0 Å². The molecule has 38 heavy (non-hydrogen) atoms. The summed E-state index contributed by atoms with van der Waals surface area (Å²) in [5.74, 6) is 1.29. The number of likely N-dealkylation sites (tertiary alicyclic amines) is 1. The first-order valence-corrected chi connectivity index (χ1v) is 14.2. The summed E-state index contributed by atoms with van der Waals surface area (Å²) in [6, 6.07) is 12.0. The predicted octanol–water partition coefficient (Wildman–Crippen LogP) is 2.59. The SMILES string of the molecule is CN1CCc2ccc(N3CC[C@@H](C(=O)NC(CN4CCCC4)C(O)c4ccc5c(c4)OCCO5)C3)cc2C1. The molecule has 4 heterocycles. The Kier molecular flexibility index (Phi) is 7.45. The molecule has 6 rings (SSSR count). The number of carbonyl (C=O) groups is 1. The van der Waals surface area contributed by atoms with Gasteiger partial charge in [-0.15, -0.1) is 0 Å². The number of anilines is 1. The van der Waals surface area contributed by atoms with Gasteiger partial charge in [0.2, 0.25) is 5.91 Å². The number of amides is 1. The van der Waals surface area contributed by atoms with Gasteiger partial charge in [-0.25, -0.2) is 0 Å². The summed E-state index contributed by atoms with van der Waals surface area (Å²) in [5, 5.41) is 14.7. The molecule has 2 aromatic carbocycles. The van der Waals surface area contributed by atoms with Gasteiger partial charge in [0.1, 0.15) is 19.3 Å². The van der Waals surface area contributed by atoms with Crippen molar-refractivity contribution in [1.82, 2.24) is 15.1 Å². The molecule has 0 spiro atoms. The number of hydrogen-bond acceptors (Lipinski definition) is 7. The van der Waals surface area contributed by atoms with Crippen molar-refractivity contribution in [1.29, 1.82) is 0 Å². The number of aliphatic hydroxyl groups is 1. The number of benzene rings is 2. The number of likely N-dealkylation sites (N-methyl/N-ethyl adjacent to an activating group) is 1. The molecule has 0 radical (unpaired) electrons. The van der Waals surface area contributed by atoms with Crippen LogP contribution >= 0.6 is 0 Å². The van der Waals surface area contributed by atoms with Crippen molar-refractivity contribution < 1.29 is 19.4 Å². The number of carbonyl (C=O) groups excluding carboxylic acids is 1. The van der Waals surface area contributed by atoms with Crippen LogP contribution in [0.15, 0.2) is 36.4 Å². The van der Waals surface area contributed by atoms with Crippen molar-refractivity contribution >= 4 is 11.6 Å². The fourth-order valence-corrected chi connectivity index (χ4v) is 6.33. The molecule has 0 bridgehead atoms. The fraction of sp³-hybridized carbons (Fsp3) is 0.567. The van der Waals surface area contributed by atoms with Crippen molar-refractivity contribution in [3.8, 4) is 11.5 Å². The van der Waals surface area contributed by atoms with Gasteiger partial charge in [0.25, 0.3) is 0 Å². The van der Waals surface area contributed by atoms with Crippen LogP contribution in [0.4, 0.5) is 5.69 Å². The Hall–Kier alpha value is -2.81. The van der Waals surface area contributed by atoms with Crippen LogP contribution in [0.1, 0.15) is 42.1 Å². The molecule has 4 aliphatic heterocycles. The molecule has 2 N–H and O–H groups in total. The summed E-state index contributed by atoms with van der Waals surface area (Å²) in [4.78, 5) is 20.6. The standard InChI is InChI=1S/C30H40N4O4/c1-32-12-8-21-4-6-25(16-24(21)18-32)34-13-9-23(19-34)30(36)31-26(20-33-10-2-3-11-33)29(35)22-5-7-27-28(17-22)38-15-14-37-27/h4-7,16-17,23,26,29,35H,2-3,8-15,18-20H2,1H3,(H,31,36)/t23-,26?,29?/m1/s1. The van der Waals surface area contributed by atoms with Gasteiger partial charge in [-0.05, 0) is 86.8 Å². The summed E-state index contributed by atoms with van der Waals surface area (Å²) in [7, 11) is 2.17. The largest absolute Gasteiger partial charge is 0.486 e. The molecule has 8 nitrogen and oxygen atoms in total. The lowest BCUT2D eigenvalue weighted by Crippen LogP contribution is -2.48. The number of nitrogens with one attached hydrogen (secondary N) is 1. The zero-order valence-electron chi connectivity index (χ0n) is 22.4. The number of aliphatic hydroxyl groups excluding tert-OH is 1.